The van der Waals surface area contributed by atoms with Crippen molar-refractivity contribution in [3.8, 4) is 17.5 Å². The highest BCUT2D eigenvalue weighted by Crippen LogP contribution is 2.24. The molecule has 2 aromatic heterocycles. The fourth-order valence-corrected chi connectivity index (χ4v) is 3.00. The third-order valence-corrected chi connectivity index (χ3v) is 4.51. The lowest BCUT2D eigenvalue weighted by Crippen LogP contribution is -2.35. The first-order valence-electron chi connectivity index (χ1n) is 8.82. The van der Waals surface area contributed by atoms with Gasteiger partial charge in [-0.25, -0.2) is 9.97 Å². The largest absolute Gasteiger partial charge is 0.368 e. The summed E-state index contributed by atoms with van der Waals surface area (Å²) in [4.78, 5) is 21.0. The minimum atomic E-state index is -0.570. The first-order valence-corrected chi connectivity index (χ1v) is 8.82. The van der Waals surface area contributed by atoms with E-state index in [9.17, 15) is 4.79 Å². The summed E-state index contributed by atoms with van der Waals surface area (Å²) in [5.41, 5.74) is 8.17. The molecule has 0 saturated heterocycles. The first kappa shape index (κ1) is 17.4. The zero-order valence-electron chi connectivity index (χ0n) is 15.1. The molecule has 0 bridgehead atoms. The van der Waals surface area contributed by atoms with E-state index in [2.05, 4.69) is 26.5 Å². The topological polar surface area (TPSA) is 122 Å². The SMILES string of the molecule is CCC(Nc1nc2ccccc2c2nc(-c3ccc(C#N)cc3)nn12)C(N)=O. The van der Waals surface area contributed by atoms with Crippen LogP contribution in [-0.2, 0) is 4.79 Å². The van der Waals surface area contributed by atoms with Crippen LogP contribution in [0, 0.1) is 11.3 Å². The molecule has 1 amide bonds. The van der Waals surface area contributed by atoms with Crippen LogP contribution in [0.4, 0.5) is 5.95 Å². The molecule has 0 radical (unpaired) electrons. The molecule has 2 aromatic carbocycles. The number of nitrogens with two attached hydrogens (primary N) is 1. The normalized spacial score (nSPS) is 12.0. The molecule has 0 aliphatic carbocycles. The molecule has 1 unspecified atom stereocenters. The number of hydrogen-bond donors (Lipinski definition) is 2. The van der Waals surface area contributed by atoms with Crippen molar-refractivity contribution in [2.75, 3.05) is 5.32 Å². The van der Waals surface area contributed by atoms with Crippen molar-refractivity contribution >= 4 is 28.4 Å². The summed E-state index contributed by atoms with van der Waals surface area (Å²) in [6, 6.07) is 16.2. The second-order valence-electron chi connectivity index (χ2n) is 6.32. The number of nitriles is 1. The number of nitrogens with one attached hydrogen (secondary N) is 1. The van der Waals surface area contributed by atoms with Crippen LogP contribution in [0.25, 0.3) is 27.9 Å². The quantitative estimate of drug-likeness (QED) is 0.556. The lowest BCUT2D eigenvalue weighted by molar-refractivity contribution is -0.118. The molecule has 0 saturated carbocycles. The van der Waals surface area contributed by atoms with Gasteiger partial charge < -0.3 is 11.1 Å². The van der Waals surface area contributed by atoms with Crippen LogP contribution in [0.5, 0.6) is 0 Å². The van der Waals surface area contributed by atoms with Crippen LogP contribution in [0.3, 0.4) is 0 Å². The van der Waals surface area contributed by atoms with Crippen molar-refractivity contribution in [3.63, 3.8) is 0 Å². The lowest BCUT2D eigenvalue weighted by atomic mass is 10.1. The maximum atomic E-state index is 11.7. The summed E-state index contributed by atoms with van der Waals surface area (Å²) in [6.45, 7) is 1.87. The molecule has 0 spiro atoms. The molecule has 1 atom stereocenters. The number of carbonyl (C=O) groups is 1. The van der Waals surface area contributed by atoms with Crippen LogP contribution < -0.4 is 11.1 Å². The Morgan fingerprint density at radius 1 is 1.21 bits per heavy atom. The summed E-state index contributed by atoms with van der Waals surface area (Å²) >= 11 is 0. The van der Waals surface area contributed by atoms with Gasteiger partial charge in [0.05, 0.1) is 17.1 Å². The Bertz CT molecular complexity index is 1220. The molecule has 28 heavy (non-hydrogen) atoms. The van der Waals surface area contributed by atoms with Gasteiger partial charge in [0.1, 0.15) is 6.04 Å². The number of para-hydroxylation sites is 1. The molecular weight excluding hydrogens is 354 g/mol. The second kappa shape index (κ2) is 6.96. The van der Waals surface area contributed by atoms with Crippen LogP contribution in [-0.4, -0.2) is 31.5 Å². The first-order chi connectivity index (χ1) is 13.6. The van der Waals surface area contributed by atoms with Gasteiger partial charge in [-0.15, -0.1) is 5.10 Å². The maximum Gasteiger partial charge on any atom is 0.239 e. The maximum absolute atomic E-state index is 11.7. The smallest absolute Gasteiger partial charge is 0.239 e. The molecule has 3 N–H and O–H groups in total. The predicted molar refractivity (Wildman–Crippen MR) is 105 cm³/mol. The Hall–Kier alpha value is -3.99. The van der Waals surface area contributed by atoms with Crippen LogP contribution in [0.1, 0.15) is 18.9 Å². The lowest BCUT2D eigenvalue weighted by Gasteiger charge is -2.15. The highest BCUT2D eigenvalue weighted by molar-refractivity contribution is 5.93. The minimum absolute atomic E-state index is 0.395. The predicted octanol–water partition coefficient (Wildman–Crippen LogP) is 2.49. The highest BCUT2D eigenvalue weighted by atomic mass is 16.1. The van der Waals surface area contributed by atoms with E-state index in [-0.39, 0.29) is 0 Å². The number of anilines is 1. The van der Waals surface area contributed by atoms with Crippen molar-refractivity contribution in [2.45, 2.75) is 19.4 Å². The fourth-order valence-electron chi connectivity index (χ4n) is 3.00. The van der Waals surface area contributed by atoms with E-state index in [1.165, 1.54) is 0 Å². The number of fused-ring (bicyclic) bond motifs is 3. The van der Waals surface area contributed by atoms with E-state index in [1.807, 2.05) is 31.2 Å². The fraction of sp³-hybridized carbons (Fsp3) is 0.150. The number of rotatable bonds is 5. The van der Waals surface area contributed by atoms with E-state index in [0.717, 1.165) is 16.5 Å². The third-order valence-electron chi connectivity index (χ3n) is 4.51. The molecule has 8 nitrogen and oxygen atoms in total. The van der Waals surface area contributed by atoms with Gasteiger partial charge in [0.25, 0.3) is 0 Å². The zero-order valence-corrected chi connectivity index (χ0v) is 15.1. The van der Waals surface area contributed by atoms with Gasteiger partial charge in [-0.1, -0.05) is 19.1 Å². The Morgan fingerprint density at radius 2 is 1.96 bits per heavy atom. The van der Waals surface area contributed by atoms with Crippen molar-refractivity contribution in [1.29, 1.82) is 5.26 Å². The van der Waals surface area contributed by atoms with Gasteiger partial charge in [-0.05, 0) is 42.8 Å². The number of carbonyl (C=O) groups excluding carboxylic acids is 1. The number of benzene rings is 2. The summed E-state index contributed by atoms with van der Waals surface area (Å²) in [6.07, 6.45) is 0.516. The Morgan fingerprint density at radius 3 is 2.64 bits per heavy atom. The minimum Gasteiger partial charge on any atom is -0.368 e. The zero-order chi connectivity index (χ0) is 19.7. The van der Waals surface area contributed by atoms with E-state index in [4.69, 9.17) is 11.0 Å². The van der Waals surface area contributed by atoms with Crippen molar-refractivity contribution in [2.24, 2.45) is 5.73 Å². The van der Waals surface area contributed by atoms with Crippen molar-refractivity contribution in [1.82, 2.24) is 19.6 Å². The van der Waals surface area contributed by atoms with Gasteiger partial charge in [0, 0.05) is 10.9 Å². The number of nitrogens with zero attached hydrogens (tertiary/aromatic N) is 5. The average molecular weight is 371 g/mol. The molecule has 4 rings (SSSR count). The average Bonchev–Trinajstić information content (AvgIpc) is 3.17. The molecular formula is C20H17N7O. The Kier molecular flexibility index (Phi) is 4.33. The van der Waals surface area contributed by atoms with Gasteiger partial charge in [0.15, 0.2) is 11.5 Å². The van der Waals surface area contributed by atoms with Crippen LogP contribution in [0.15, 0.2) is 48.5 Å². The summed E-state index contributed by atoms with van der Waals surface area (Å²) < 4.78 is 1.58. The number of aromatic nitrogens is 4. The third kappa shape index (κ3) is 2.99. The van der Waals surface area contributed by atoms with Gasteiger partial charge in [0.2, 0.25) is 11.9 Å². The van der Waals surface area contributed by atoms with E-state index in [1.54, 1.807) is 28.8 Å². The number of primary amides is 1. The van der Waals surface area contributed by atoms with Gasteiger partial charge >= 0.3 is 0 Å². The molecule has 4 aromatic rings. The van der Waals surface area contributed by atoms with Crippen LogP contribution >= 0.6 is 0 Å². The van der Waals surface area contributed by atoms with E-state index < -0.39 is 11.9 Å². The molecule has 138 valence electrons. The summed E-state index contributed by atoms with van der Waals surface area (Å²) in [7, 11) is 0. The molecule has 0 fully saturated rings. The Balaban J connectivity index is 1.91. The van der Waals surface area contributed by atoms with E-state index in [0.29, 0.717) is 29.4 Å². The molecule has 0 aliphatic heterocycles. The second-order valence-corrected chi connectivity index (χ2v) is 6.32. The molecule has 2 heterocycles. The highest BCUT2D eigenvalue weighted by Gasteiger charge is 2.19. The van der Waals surface area contributed by atoms with Gasteiger partial charge in [-0.2, -0.15) is 9.78 Å². The monoisotopic (exact) mass is 371 g/mol. The van der Waals surface area contributed by atoms with Gasteiger partial charge in [-0.3, -0.25) is 4.79 Å². The standard InChI is InChI=1S/C20H17N7O/c1-2-15(17(22)28)23-20-24-16-6-4-3-5-14(16)19-25-18(26-27(19)20)13-9-7-12(11-21)8-10-13/h3-10,15H,2H2,1H3,(H2,22,28)(H,23,24). The number of amides is 1. The number of hydrogen-bond acceptors (Lipinski definition) is 6. The van der Waals surface area contributed by atoms with E-state index >= 15 is 0 Å². The molecule has 0 aliphatic rings. The van der Waals surface area contributed by atoms with Crippen molar-refractivity contribution < 1.29 is 4.79 Å². The molecule has 8 heteroatoms. The Labute approximate surface area is 160 Å². The summed E-state index contributed by atoms with van der Waals surface area (Å²) in [5.74, 6) is 0.433. The van der Waals surface area contributed by atoms with Crippen molar-refractivity contribution in [3.05, 3.63) is 54.1 Å². The summed E-state index contributed by atoms with van der Waals surface area (Å²) in [5, 5.41) is 17.5. The van der Waals surface area contributed by atoms with Crippen LogP contribution in [0.2, 0.25) is 0 Å².